The van der Waals surface area contributed by atoms with Gasteiger partial charge in [0, 0.05) is 12.7 Å². The second-order valence-electron chi connectivity index (χ2n) is 2.32. The molecule has 0 aromatic heterocycles. The van der Waals surface area contributed by atoms with Gasteiger partial charge < -0.3 is 16.2 Å². The summed E-state index contributed by atoms with van der Waals surface area (Å²) in [7, 11) is 2.08. The van der Waals surface area contributed by atoms with Crippen molar-refractivity contribution in [1.29, 1.82) is 5.41 Å². The van der Waals surface area contributed by atoms with Crippen LogP contribution in [0.3, 0.4) is 0 Å². The van der Waals surface area contributed by atoms with Crippen molar-refractivity contribution in [1.82, 2.24) is 5.32 Å². The molecule has 0 aromatic rings. The number of nitrogens with one attached hydrogen (secondary N) is 2. The molecule has 6 nitrogen and oxygen atoms in total. The number of halogens is 1. The van der Waals surface area contributed by atoms with Crippen LogP contribution in [-0.2, 0) is 9.59 Å². The molecule has 0 bridgehead atoms. The number of carboxylic acid groups (broad SMARTS) is 1. The lowest BCUT2D eigenvalue weighted by molar-refractivity contribution is -0.140. The molecule has 9 heteroatoms. The number of nitrogens with two attached hydrogens (primary N) is 1. The third kappa shape index (κ3) is 9.70. The zero-order valence-electron chi connectivity index (χ0n) is 7.85. The largest absolute Gasteiger partial charge is 0.480 e. The van der Waals surface area contributed by atoms with E-state index in [4.69, 9.17) is 16.2 Å². The van der Waals surface area contributed by atoms with E-state index in [-0.39, 0.29) is 23.3 Å². The van der Waals surface area contributed by atoms with Gasteiger partial charge in [-0.25, -0.2) is 4.79 Å². The number of carboxylic acids is 1. The molecule has 0 aromatic carbocycles. The molecule has 0 rings (SSSR count). The summed E-state index contributed by atoms with van der Waals surface area (Å²) in [5.41, 5.74) is 5.05. The molecule has 0 fully saturated rings. The normalized spacial score (nSPS) is 11.0. The molecule has 15 heavy (non-hydrogen) atoms. The van der Waals surface area contributed by atoms with Crippen molar-refractivity contribution in [2.24, 2.45) is 5.73 Å². The summed E-state index contributed by atoms with van der Waals surface area (Å²) in [5, 5.41) is 17.7. The Bertz CT molecular complexity index is 252. The van der Waals surface area contributed by atoms with E-state index >= 15 is 0 Å². The summed E-state index contributed by atoms with van der Waals surface area (Å²) in [6.45, 7) is 1.25. The summed E-state index contributed by atoms with van der Waals surface area (Å²) in [6.07, 6.45) is 0. The van der Waals surface area contributed by atoms with Gasteiger partial charge >= 0.3 is 5.97 Å². The van der Waals surface area contributed by atoms with Gasteiger partial charge in [-0.15, -0.1) is 12.4 Å². The van der Waals surface area contributed by atoms with Gasteiger partial charge in [-0.3, -0.25) is 10.2 Å². The van der Waals surface area contributed by atoms with Crippen molar-refractivity contribution in [3.05, 3.63) is 0 Å². The van der Waals surface area contributed by atoms with Crippen LogP contribution in [0.4, 0.5) is 0 Å². The molecular weight excluding hydrogens is 262 g/mol. The third-order valence-electron chi connectivity index (χ3n) is 1.06. The Hall–Kier alpha value is -0.600. The summed E-state index contributed by atoms with van der Waals surface area (Å²) >= 11 is 0. The molecule has 0 aliphatic carbocycles. The van der Waals surface area contributed by atoms with Crippen LogP contribution in [0, 0.1) is 5.41 Å². The number of carbonyl (C=O) groups is 2. The summed E-state index contributed by atoms with van der Waals surface area (Å²) in [4.78, 5) is 21.2. The summed E-state index contributed by atoms with van der Waals surface area (Å²) in [5.74, 6) is -1.33. The Labute approximate surface area is 101 Å². The second-order valence-corrected chi connectivity index (χ2v) is 4.71. The highest BCUT2D eigenvalue weighted by Crippen LogP contribution is 2.20. The van der Waals surface area contributed by atoms with Crippen LogP contribution >= 0.6 is 34.0 Å². The predicted octanol–water partition coefficient (Wildman–Crippen LogP) is 0.272. The summed E-state index contributed by atoms with van der Waals surface area (Å²) < 4.78 is 0. The average molecular weight is 274 g/mol. The fourth-order valence-corrected chi connectivity index (χ4v) is 2.14. The van der Waals surface area contributed by atoms with Crippen LogP contribution in [0.1, 0.15) is 6.92 Å². The van der Waals surface area contributed by atoms with Gasteiger partial charge in [-0.2, -0.15) is 0 Å². The first-order valence-corrected chi connectivity index (χ1v) is 5.88. The lowest BCUT2D eigenvalue weighted by Crippen LogP contribution is -2.41. The molecular formula is C6H12ClN3O3S2. The van der Waals surface area contributed by atoms with Gasteiger partial charge in [0.05, 0.1) is 0 Å². The lowest BCUT2D eigenvalue weighted by atomic mass is 10.3. The highest BCUT2D eigenvalue weighted by atomic mass is 35.5. The molecule has 1 atom stereocenters. The van der Waals surface area contributed by atoms with Crippen LogP contribution in [0.15, 0.2) is 0 Å². The Kier molecular flexibility index (Phi) is 9.74. The fourth-order valence-electron chi connectivity index (χ4n) is 0.586. The molecule has 0 radical (unpaired) electrons. The van der Waals surface area contributed by atoms with E-state index in [1.165, 1.54) is 6.92 Å². The first-order valence-electron chi connectivity index (χ1n) is 3.57. The molecule has 1 unspecified atom stereocenters. The number of amides is 1. The third-order valence-corrected chi connectivity index (χ3v) is 3.13. The van der Waals surface area contributed by atoms with Crippen molar-refractivity contribution in [2.45, 2.75) is 13.0 Å². The minimum atomic E-state index is -1.10. The van der Waals surface area contributed by atoms with Crippen molar-refractivity contribution in [2.75, 3.05) is 5.75 Å². The standard InChI is InChI=1S/C6H11N3O3S2.ClH/c1-3(10)9-4(5(11)12)2-13-14-6(7)8;/h4H,2H2,1H3,(H3,7,8)(H,9,10)(H,11,12);1H. The maximum Gasteiger partial charge on any atom is 0.327 e. The topological polar surface area (TPSA) is 116 Å². The monoisotopic (exact) mass is 273 g/mol. The maximum atomic E-state index is 10.6. The van der Waals surface area contributed by atoms with Crippen molar-refractivity contribution in [3.63, 3.8) is 0 Å². The van der Waals surface area contributed by atoms with Crippen LogP contribution < -0.4 is 11.1 Å². The molecule has 0 aliphatic rings. The van der Waals surface area contributed by atoms with Crippen LogP contribution in [0.2, 0.25) is 0 Å². The molecule has 0 saturated carbocycles. The molecule has 88 valence electrons. The van der Waals surface area contributed by atoms with Crippen LogP contribution in [0.25, 0.3) is 0 Å². The minimum absolute atomic E-state index is 0. The Morgan fingerprint density at radius 2 is 2.13 bits per heavy atom. The molecule has 0 spiro atoms. The van der Waals surface area contributed by atoms with E-state index in [1.807, 2.05) is 0 Å². The number of amidine groups is 1. The fraction of sp³-hybridized carbons (Fsp3) is 0.500. The minimum Gasteiger partial charge on any atom is -0.480 e. The maximum absolute atomic E-state index is 10.6. The number of hydrogen-bond donors (Lipinski definition) is 4. The lowest BCUT2D eigenvalue weighted by Gasteiger charge is -2.11. The first-order chi connectivity index (χ1) is 6.43. The molecule has 5 N–H and O–H groups in total. The number of carbonyl (C=O) groups excluding carboxylic acids is 1. The Morgan fingerprint density at radius 3 is 2.47 bits per heavy atom. The van der Waals surface area contributed by atoms with E-state index in [1.54, 1.807) is 0 Å². The molecule has 0 aliphatic heterocycles. The van der Waals surface area contributed by atoms with Crippen LogP contribution in [-0.4, -0.2) is 33.9 Å². The Morgan fingerprint density at radius 1 is 1.60 bits per heavy atom. The summed E-state index contributed by atoms with van der Waals surface area (Å²) in [6, 6.07) is -0.940. The zero-order valence-corrected chi connectivity index (χ0v) is 10.3. The van der Waals surface area contributed by atoms with Gasteiger partial charge in [0.15, 0.2) is 5.17 Å². The molecule has 1 amide bonds. The van der Waals surface area contributed by atoms with E-state index in [0.717, 1.165) is 21.6 Å². The van der Waals surface area contributed by atoms with E-state index in [0.29, 0.717) is 0 Å². The quantitative estimate of drug-likeness (QED) is 0.325. The van der Waals surface area contributed by atoms with Gasteiger partial charge in [-0.05, 0) is 10.8 Å². The van der Waals surface area contributed by atoms with Crippen LogP contribution in [0.5, 0.6) is 0 Å². The number of aliphatic carboxylic acids is 1. The first kappa shape index (κ1) is 16.8. The van der Waals surface area contributed by atoms with Crippen molar-refractivity contribution >= 4 is 51.0 Å². The number of rotatable bonds is 5. The van der Waals surface area contributed by atoms with E-state index in [2.05, 4.69) is 5.32 Å². The Balaban J connectivity index is 0. The van der Waals surface area contributed by atoms with Gasteiger partial charge in [0.25, 0.3) is 0 Å². The second kappa shape index (κ2) is 8.69. The SMILES string of the molecule is CC(=O)NC(CSSC(=N)N)C(=O)O.Cl. The highest BCUT2D eigenvalue weighted by Gasteiger charge is 2.18. The molecule has 0 saturated heterocycles. The van der Waals surface area contributed by atoms with Gasteiger partial charge in [-0.1, -0.05) is 10.8 Å². The highest BCUT2D eigenvalue weighted by molar-refractivity contribution is 8.82. The average Bonchev–Trinajstić information content (AvgIpc) is 2.00. The van der Waals surface area contributed by atoms with Gasteiger partial charge in [0.1, 0.15) is 6.04 Å². The van der Waals surface area contributed by atoms with Crippen molar-refractivity contribution < 1.29 is 14.7 Å². The van der Waals surface area contributed by atoms with E-state index < -0.39 is 17.9 Å². The number of hydrogen-bond acceptors (Lipinski definition) is 5. The van der Waals surface area contributed by atoms with E-state index in [9.17, 15) is 9.59 Å². The molecule has 0 heterocycles. The smallest absolute Gasteiger partial charge is 0.327 e. The van der Waals surface area contributed by atoms with Gasteiger partial charge in [0.2, 0.25) is 5.91 Å². The zero-order chi connectivity index (χ0) is 11.1. The van der Waals surface area contributed by atoms with Crippen molar-refractivity contribution in [3.8, 4) is 0 Å². The predicted molar refractivity (Wildman–Crippen MR) is 64.5 cm³/mol.